The largest absolute Gasteiger partial charge is 0.361 e. The van der Waals surface area contributed by atoms with E-state index in [9.17, 15) is 4.79 Å². The number of carbonyl (C=O) groups excluding carboxylic acids is 1. The molecule has 0 spiro atoms. The highest BCUT2D eigenvalue weighted by molar-refractivity contribution is 5.73. The fourth-order valence-corrected chi connectivity index (χ4v) is 3.74. The van der Waals surface area contributed by atoms with Gasteiger partial charge in [-0.15, -0.1) is 0 Å². The van der Waals surface area contributed by atoms with Crippen LogP contribution in [0.25, 0.3) is 0 Å². The summed E-state index contributed by atoms with van der Waals surface area (Å²) < 4.78 is 5.15. The minimum atomic E-state index is 0.196. The van der Waals surface area contributed by atoms with Gasteiger partial charge in [-0.2, -0.15) is 0 Å². The van der Waals surface area contributed by atoms with Crippen LogP contribution in [0, 0.1) is 12.8 Å². The molecule has 3 rings (SSSR count). The number of rotatable bonds is 3. The normalized spacial score (nSPS) is 27.5. The quantitative estimate of drug-likeness (QED) is 0.833. The molecule has 6 nitrogen and oxygen atoms in total. The molecule has 0 unspecified atom stereocenters. The zero-order valence-electron chi connectivity index (χ0n) is 13.8. The van der Waals surface area contributed by atoms with Crippen LogP contribution in [0.4, 0.5) is 0 Å². The molecule has 22 heavy (non-hydrogen) atoms. The monoisotopic (exact) mass is 306 g/mol. The summed E-state index contributed by atoms with van der Waals surface area (Å²) in [6.45, 7) is 12.7. The predicted octanol–water partition coefficient (Wildman–Crippen LogP) is 0.967. The molecule has 0 aliphatic carbocycles. The van der Waals surface area contributed by atoms with E-state index in [2.05, 4.69) is 21.9 Å². The molecule has 2 aliphatic heterocycles. The molecule has 1 amide bonds. The molecular formula is C16H26N4O2. The Hall–Kier alpha value is -1.40. The molecule has 0 N–H and O–H groups in total. The summed E-state index contributed by atoms with van der Waals surface area (Å²) in [6.07, 6.45) is 0. The van der Waals surface area contributed by atoms with Gasteiger partial charge in [0.15, 0.2) is 0 Å². The first kappa shape index (κ1) is 15.5. The Bertz CT molecular complexity index is 522. The van der Waals surface area contributed by atoms with Gasteiger partial charge in [0.2, 0.25) is 5.91 Å². The van der Waals surface area contributed by atoms with Crippen molar-refractivity contribution in [3.8, 4) is 0 Å². The number of piperazine rings is 1. The third-order valence-electron chi connectivity index (χ3n) is 4.94. The summed E-state index contributed by atoms with van der Waals surface area (Å²) >= 11 is 0. The van der Waals surface area contributed by atoms with Crippen molar-refractivity contribution in [2.24, 2.45) is 5.92 Å². The van der Waals surface area contributed by atoms with Crippen LogP contribution in [0.3, 0.4) is 0 Å². The number of amides is 1. The highest BCUT2D eigenvalue weighted by atomic mass is 16.5. The number of aromatic nitrogens is 1. The van der Waals surface area contributed by atoms with Gasteiger partial charge >= 0.3 is 0 Å². The zero-order chi connectivity index (χ0) is 15.7. The molecule has 0 saturated carbocycles. The molecule has 0 radical (unpaired) electrons. The van der Waals surface area contributed by atoms with E-state index in [1.54, 1.807) is 6.92 Å². The van der Waals surface area contributed by atoms with E-state index in [0.29, 0.717) is 12.0 Å². The summed E-state index contributed by atoms with van der Waals surface area (Å²) in [6, 6.07) is 2.60. The van der Waals surface area contributed by atoms with E-state index < -0.39 is 0 Å². The van der Waals surface area contributed by atoms with Crippen LogP contribution in [0.2, 0.25) is 0 Å². The van der Waals surface area contributed by atoms with E-state index >= 15 is 0 Å². The second-order valence-corrected chi connectivity index (χ2v) is 6.71. The van der Waals surface area contributed by atoms with Crippen molar-refractivity contribution in [2.45, 2.75) is 33.4 Å². The average Bonchev–Trinajstić information content (AvgIpc) is 3.05. The van der Waals surface area contributed by atoms with Gasteiger partial charge in [-0.1, -0.05) is 12.1 Å². The number of aryl methyl sites for hydroxylation is 1. The van der Waals surface area contributed by atoms with Crippen LogP contribution >= 0.6 is 0 Å². The minimum absolute atomic E-state index is 0.196. The lowest BCUT2D eigenvalue weighted by atomic mass is 10.0. The molecular weight excluding hydrogens is 280 g/mol. The van der Waals surface area contributed by atoms with Crippen molar-refractivity contribution in [1.82, 2.24) is 19.9 Å². The molecule has 6 heteroatoms. The van der Waals surface area contributed by atoms with Gasteiger partial charge in [-0.3, -0.25) is 14.6 Å². The highest BCUT2D eigenvalue weighted by Crippen LogP contribution is 2.24. The van der Waals surface area contributed by atoms with Crippen molar-refractivity contribution in [1.29, 1.82) is 0 Å². The maximum atomic E-state index is 11.4. The van der Waals surface area contributed by atoms with Crippen molar-refractivity contribution >= 4 is 5.91 Å². The van der Waals surface area contributed by atoms with Crippen LogP contribution in [0.15, 0.2) is 10.6 Å². The topological polar surface area (TPSA) is 52.8 Å². The molecule has 122 valence electrons. The zero-order valence-corrected chi connectivity index (χ0v) is 13.8. The van der Waals surface area contributed by atoms with Crippen molar-refractivity contribution in [2.75, 3.05) is 39.3 Å². The second-order valence-electron chi connectivity index (χ2n) is 6.71. The van der Waals surface area contributed by atoms with E-state index in [4.69, 9.17) is 4.52 Å². The average molecular weight is 306 g/mol. The first-order chi connectivity index (χ1) is 10.5. The number of hydrogen-bond donors (Lipinski definition) is 0. The van der Waals surface area contributed by atoms with Gasteiger partial charge in [-0.25, -0.2) is 0 Å². The second kappa shape index (κ2) is 6.38. The Morgan fingerprint density at radius 3 is 2.64 bits per heavy atom. The van der Waals surface area contributed by atoms with Crippen molar-refractivity contribution < 1.29 is 9.32 Å². The molecule has 1 aromatic heterocycles. The van der Waals surface area contributed by atoms with E-state index in [0.717, 1.165) is 57.3 Å². The van der Waals surface area contributed by atoms with Crippen LogP contribution in [0.1, 0.15) is 25.3 Å². The lowest BCUT2D eigenvalue weighted by molar-refractivity contribution is -0.130. The Morgan fingerprint density at radius 2 is 2.05 bits per heavy atom. The molecule has 0 bridgehead atoms. The van der Waals surface area contributed by atoms with E-state index in [1.807, 2.05) is 17.9 Å². The van der Waals surface area contributed by atoms with Crippen LogP contribution in [0.5, 0.6) is 0 Å². The summed E-state index contributed by atoms with van der Waals surface area (Å²) in [5.41, 5.74) is 1.02. The standard InChI is InChI=1S/C16H26N4O2/c1-12-9-18(10-15-8-13(2)22-17-15)11-16(12)20-6-4-19(5-7-20)14(3)21/h8,12,16H,4-7,9-11H2,1-3H3/t12-,16-/m0/s1. The molecule has 3 heterocycles. The number of carbonyl (C=O) groups is 1. The Labute approximate surface area is 132 Å². The van der Waals surface area contributed by atoms with Crippen molar-refractivity contribution in [3.63, 3.8) is 0 Å². The number of likely N-dealkylation sites (tertiary alicyclic amines) is 1. The summed E-state index contributed by atoms with van der Waals surface area (Å²) in [7, 11) is 0. The third kappa shape index (κ3) is 3.33. The van der Waals surface area contributed by atoms with Gasteiger partial charge in [0.25, 0.3) is 0 Å². The van der Waals surface area contributed by atoms with Gasteiger partial charge in [0.1, 0.15) is 5.76 Å². The first-order valence-electron chi connectivity index (χ1n) is 8.17. The minimum Gasteiger partial charge on any atom is -0.361 e. The summed E-state index contributed by atoms with van der Waals surface area (Å²) in [5, 5.41) is 4.10. The molecule has 2 saturated heterocycles. The summed E-state index contributed by atoms with van der Waals surface area (Å²) in [4.78, 5) is 18.4. The smallest absolute Gasteiger partial charge is 0.219 e. The predicted molar refractivity (Wildman–Crippen MR) is 83.3 cm³/mol. The lowest BCUT2D eigenvalue weighted by Crippen LogP contribution is -2.53. The molecule has 1 aromatic rings. The molecule has 2 fully saturated rings. The van der Waals surface area contributed by atoms with Crippen LogP contribution in [-0.2, 0) is 11.3 Å². The summed E-state index contributed by atoms with van der Waals surface area (Å²) in [5.74, 6) is 1.72. The number of hydrogen-bond acceptors (Lipinski definition) is 5. The van der Waals surface area contributed by atoms with Gasteiger partial charge in [0.05, 0.1) is 5.69 Å². The Kier molecular flexibility index (Phi) is 4.49. The number of nitrogens with zero attached hydrogens (tertiary/aromatic N) is 4. The van der Waals surface area contributed by atoms with Gasteiger partial charge < -0.3 is 9.42 Å². The molecule has 2 aliphatic rings. The van der Waals surface area contributed by atoms with Crippen molar-refractivity contribution in [3.05, 3.63) is 17.5 Å². The van der Waals surface area contributed by atoms with E-state index in [-0.39, 0.29) is 5.91 Å². The maximum Gasteiger partial charge on any atom is 0.219 e. The Morgan fingerprint density at radius 1 is 1.32 bits per heavy atom. The molecule has 2 atom stereocenters. The first-order valence-corrected chi connectivity index (χ1v) is 8.17. The van der Waals surface area contributed by atoms with E-state index in [1.165, 1.54) is 0 Å². The highest BCUT2D eigenvalue weighted by Gasteiger charge is 2.35. The third-order valence-corrected chi connectivity index (χ3v) is 4.94. The van der Waals surface area contributed by atoms with Gasteiger partial charge in [0, 0.05) is 64.8 Å². The fourth-order valence-electron chi connectivity index (χ4n) is 3.74. The fraction of sp³-hybridized carbons (Fsp3) is 0.750. The molecule has 0 aromatic carbocycles. The van der Waals surface area contributed by atoms with Crippen LogP contribution in [-0.4, -0.2) is 71.1 Å². The lowest BCUT2D eigenvalue weighted by Gasteiger charge is -2.39. The maximum absolute atomic E-state index is 11.4. The Balaban J connectivity index is 1.54. The SMILES string of the molecule is CC(=O)N1CCN([C@H]2CN(Cc3cc(C)on3)C[C@@H]2C)CC1. The van der Waals surface area contributed by atoms with Gasteiger partial charge in [-0.05, 0) is 12.8 Å². The van der Waals surface area contributed by atoms with Crippen LogP contribution < -0.4 is 0 Å².